The van der Waals surface area contributed by atoms with Gasteiger partial charge in [-0.2, -0.15) is 0 Å². The van der Waals surface area contributed by atoms with E-state index in [9.17, 15) is 19.2 Å². The van der Waals surface area contributed by atoms with Gasteiger partial charge in [0.05, 0.1) is 22.2 Å². The summed E-state index contributed by atoms with van der Waals surface area (Å²) in [5.41, 5.74) is 4.43. The maximum atomic E-state index is 13.5. The average Bonchev–Trinajstić information content (AvgIpc) is 3.20. The molecule has 0 saturated carbocycles. The molecule has 2 N–H and O–H groups in total. The summed E-state index contributed by atoms with van der Waals surface area (Å²) in [5, 5.41) is 4.43. The quantitative estimate of drug-likeness (QED) is 0.101. The Labute approximate surface area is 306 Å². The number of carbonyl (C=O) groups is 2. The van der Waals surface area contributed by atoms with Crippen molar-refractivity contribution in [1.82, 2.24) is 9.97 Å². The van der Waals surface area contributed by atoms with Gasteiger partial charge in [-0.1, -0.05) is 72.8 Å². The molecule has 0 spiro atoms. The van der Waals surface area contributed by atoms with Gasteiger partial charge in [0, 0.05) is 34.3 Å². The molecule has 9 aromatic rings. The zero-order valence-electron chi connectivity index (χ0n) is 28.5. The van der Waals surface area contributed by atoms with Crippen molar-refractivity contribution < 1.29 is 19.1 Å². The summed E-state index contributed by atoms with van der Waals surface area (Å²) in [6.45, 7) is 0. The molecule has 2 heterocycles. The minimum Gasteiger partial charge on any atom is -0.423 e. The number of aromatic nitrogens is 2. The van der Waals surface area contributed by atoms with Crippen LogP contribution in [0, 0.1) is 0 Å². The van der Waals surface area contributed by atoms with Gasteiger partial charge in [-0.15, -0.1) is 0 Å². The number of ether oxygens (including phenoxy) is 2. The summed E-state index contributed by atoms with van der Waals surface area (Å²) < 4.78 is 11.2. The van der Waals surface area contributed by atoms with Crippen molar-refractivity contribution in [2.24, 2.45) is 0 Å². The minimum absolute atomic E-state index is 0.190. The molecule has 0 saturated heterocycles. The molecule has 0 unspecified atom stereocenters. The van der Waals surface area contributed by atoms with Crippen molar-refractivity contribution in [2.45, 2.75) is 0 Å². The predicted molar refractivity (Wildman–Crippen MR) is 211 cm³/mol. The van der Waals surface area contributed by atoms with Gasteiger partial charge in [0.2, 0.25) is 0 Å². The minimum atomic E-state index is -0.433. The van der Waals surface area contributed by atoms with Gasteiger partial charge in [0.1, 0.15) is 11.5 Å². The van der Waals surface area contributed by atoms with Crippen molar-refractivity contribution in [3.63, 3.8) is 0 Å². The number of nitrogens with one attached hydrogen (secondary N) is 2. The third-order valence-corrected chi connectivity index (χ3v) is 9.46. The SMILES string of the molecule is O=C(Oc1ccc2cc(-c3cc(=O)c4cc5[nH]c(-c6ccc7cc(OC(=O)c8ccccc8)ccc7c6)cc(=O)c5cc4[nH]3)ccc2c1)c1ccccc1. The first-order valence-electron chi connectivity index (χ1n) is 17.2. The van der Waals surface area contributed by atoms with E-state index in [1.165, 1.54) is 0 Å². The Morgan fingerprint density at radius 1 is 0.407 bits per heavy atom. The van der Waals surface area contributed by atoms with Crippen LogP contribution in [0.25, 0.3) is 65.9 Å². The Hall–Kier alpha value is -7.58. The molecule has 0 aliphatic heterocycles. The largest absolute Gasteiger partial charge is 0.423 e. The second kappa shape index (κ2) is 13.2. The van der Waals surface area contributed by atoms with E-state index < -0.39 is 11.9 Å². The Morgan fingerprint density at radius 2 is 0.796 bits per heavy atom. The first-order chi connectivity index (χ1) is 26.3. The number of hydrogen-bond acceptors (Lipinski definition) is 6. The summed E-state index contributed by atoms with van der Waals surface area (Å²) in [6, 6.07) is 46.5. The van der Waals surface area contributed by atoms with E-state index in [0.29, 0.717) is 55.8 Å². The molecule has 7 aromatic carbocycles. The van der Waals surface area contributed by atoms with Crippen LogP contribution in [0.1, 0.15) is 20.7 Å². The number of benzene rings is 7. The van der Waals surface area contributed by atoms with E-state index in [0.717, 1.165) is 32.7 Å². The normalized spacial score (nSPS) is 11.3. The molecule has 0 aliphatic carbocycles. The van der Waals surface area contributed by atoms with E-state index in [1.807, 2.05) is 60.7 Å². The van der Waals surface area contributed by atoms with Crippen LogP contribution < -0.4 is 20.3 Å². The Kier molecular flexibility index (Phi) is 7.90. The van der Waals surface area contributed by atoms with Crippen LogP contribution >= 0.6 is 0 Å². The predicted octanol–water partition coefficient (Wildman–Crippen LogP) is 9.45. The third kappa shape index (κ3) is 6.18. The lowest BCUT2D eigenvalue weighted by atomic mass is 10.0. The fraction of sp³-hybridized carbons (Fsp3) is 0. The Morgan fingerprint density at radius 3 is 1.22 bits per heavy atom. The zero-order chi connectivity index (χ0) is 36.8. The van der Waals surface area contributed by atoms with Crippen LogP contribution in [0.15, 0.2) is 167 Å². The molecule has 0 bridgehead atoms. The van der Waals surface area contributed by atoms with Crippen molar-refractivity contribution in [1.29, 1.82) is 0 Å². The number of fused-ring (bicyclic) bond motifs is 4. The van der Waals surface area contributed by atoms with Gasteiger partial charge in [0.15, 0.2) is 10.9 Å². The molecular formula is C46H28N2O6. The number of hydrogen-bond donors (Lipinski definition) is 2. The van der Waals surface area contributed by atoms with Gasteiger partial charge < -0.3 is 19.4 Å². The van der Waals surface area contributed by atoms with Gasteiger partial charge in [-0.25, -0.2) is 9.59 Å². The van der Waals surface area contributed by atoms with Gasteiger partial charge >= 0.3 is 11.9 Å². The van der Waals surface area contributed by atoms with E-state index in [4.69, 9.17) is 9.47 Å². The smallest absolute Gasteiger partial charge is 0.343 e. The van der Waals surface area contributed by atoms with Crippen LogP contribution in [0.4, 0.5) is 0 Å². The van der Waals surface area contributed by atoms with Crippen molar-refractivity contribution in [2.75, 3.05) is 0 Å². The fourth-order valence-electron chi connectivity index (χ4n) is 6.70. The van der Waals surface area contributed by atoms with Crippen LogP contribution in [-0.4, -0.2) is 21.9 Å². The second-order valence-electron chi connectivity index (χ2n) is 13.0. The molecule has 9 rings (SSSR count). The zero-order valence-corrected chi connectivity index (χ0v) is 28.5. The summed E-state index contributed by atoms with van der Waals surface area (Å²) >= 11 is 0. The number of aromatic amines is 2. The summed E-state index contributed by atoms with van der Waals surface area (Å²) in [4.78, 5) is 58.8. The molecule has 2 aromatic heterocycles. The van der Waals surface area contributed by atoms with Gasteiger partial charge in [0.25, 0.3) is 0 Å². The van der Waals surface area contributed by atoms with Gasteiger partial charge in [-0.3, -0.25) is 9.59 Å². The molecule has 258 valence electrons. The second-order valence-corrected chi connectivity index (χ2v) is 13.0. The van der Waals surface area contributed by atoms with E-state index in [1.54, 1.807) is 97.1 Å². The number of H-pyrrole nitrogens is 2. The number of pyridine rings is 2. The molecule has 0 radical (unpaired) electrons. The Balaban J connectivity index is 0.993. The monoisotopic (exact) mass is 704 g/mol. The molecule has 0 fully saturated rings. The van der Waals surface area contributed by atoms with Crippen molar-refractivity contribution in [3.8, 4) is 34.0 Å². The molecule has 0 aliphatic rings. The highest BCUT2D eigenvalue weighted by Gasteiger charge is 2.13. The first kappa shape index (κ1) is 32.3. The number of esters is 2. The average molecular weight is 705 g/mol. The molecule has 0 atom stereocenters. The Bertz CT molecular complexity index is 2870. The molecular weight excluding hydrogens is 677 g/mol. The standard InChI is InChI=1S/C46H28N2O6/c49-43-25-39(33-13-11-31-21-35(17-15-29(31)19-33)53-45(51)27-7-3-1-4-8-27)47-41-23-38-42(24-37(41)43)48-40(26-44(38)50)34-14-12-32-22-36(18-16-30(32)20-34)54-46(52)28-9-5-2-6-10-28/h1-26H,(H,47,49)(H,48,50). The number of rotatable bonds is 6. The summed E-state index contributed by atoms with van der Waals surface area (Å²) in [6.07, 6.45) is 0. The van der Waals surface area contributed by atoms with E-state index >= 15 is 0 Å². The van der Waals surface area contributed by atoms with Crippen LogP contribution in [0.2, 0.25) is 0 Å². The van der Waals surface area contributed by atoms with Crippen LogP contribution in [0.5, 0.6) is 11.5 Å². The van der Waals surface area contributed by atoms with E-state index in [-0.39, 0.29) is 10.9 Å². The number of carbonyl (C=O) groups excluding carboxylic acids is 2. The molecule has 54 heavy (non-hydrogen) atoms. The maximum Gasteiger partial charge on any atom is 0.343 e. The lowest BCUT2D eigenvalue weighted by Gasteiger charge is -2.10. The highest BCUT2D eigenvalue weighted by Crippen LogP contribution is 2.30. The third-order valence-electron chi connectivity index (χ3n) is 9.46. The topological polar surface area (TPSA) is 118 Å². The van der Waals surface area contributed by atoms with Gasteiger partial charge in [-0.05, 0) is 105 Å². The van der Waals surface area contributed by atoms with Crippen molar-refractivity contribution >= 4 is 55.3 Å². The van der Waals surface area contributed by atoms with Crippen LogP contribution in [-0.2, 0) is 0 Å². The fourth-order valence-corrected chi connectivity index (χ4v) is 6.70. The lowest BCUT2D eigenvalue weighted by molar-refractivity contribution is 0.0725. The highest BCUT2D eigenvalue weighted by atomic mass is 16.5. The molecule has 8 nitrogen and oxygen atoms in total. The summed E-state index contributed by atoms with van der Waals surface area (Å²) in [5.74, 6) is -0.00273. The van der Waals surface area contributed by atoms with Crippen molar-refractivity contribution in [3.05, 3.63) is 189 Å². The first-order valence-corrected chi connectivity index (χ1v) is 17.2. The van der Waals surface area contributed by atoms with E-state index in [2.05, 4.69) is 9.97 Å². The lowest BCUT2D eigenvalue weighted by Crippen LogP contribution is -2.08. The maximum absolute atomic E-state index is 13.5. The molecule has 8 heteroatoms. The van der Waals surface area contributed by atoms with Crippen LogP contribution in [0.3, 0.4) is 0 Å². The summed E-state index contributed by atoms with van der Waals surface area (Å²) in [7, 11) is 0. The molecule has 0 amide bonds. The highest BCUT2D eigenvalue weighted by molar-refractivity contribution is 5.98.